The van der Waals surface area contributed by atoms with Crippen molar-refractivity contribution in [1.29, 1.82) is 0 Å². The van der Waals surface area contributed by atoms with E-state index in [2.05, 4.69) is 27.9 Å². The Morgan fingerprint density at radius 1 is 1.42 bits per heavy atom. The van der Waals surface area contributed by atoms with E-state index in [1.54, 1.807) is 11.3 Å². The van der Waals surface area contributed by atoms with Gasteiger partial charge < -0.3 is 15.4 Å². The first-order chi connectivity index (χ1) is 8.90. The van der Waals surface area contributed by atoms with Gasteiger partial charge in [-0.15, -0.1) is 11.3 Å². The first-order valence-corrected chi connectivity index (χ1v) is 7.44. The molecule has 0 aliphatic rings. The molecule has 1 heterocycles. The van der Waals surface area contributed by atoms with Crippen molar-refractivity contribution in [2.24, 2.45) is 0 Å². The fourth-order valence-electron chi connectivity index (χ4n) is 1.34. The van der Waals surface area contributed by atoms with Crippen LogP contribution in [0.15, 0.2) is 5.38 Å². The molecule has 0 saturated heterocycles. The molecule has 0 bridgehead atoms. The van der Waals surface area contributed by atoms with Crippen molar-refractivity contribution in [3.63, 3.8) is 0 Å². The highest BCUT2D eigenvalue weighted by molar-refractivity contribution is 7.13. The van der Waals surface area contributed by atoms with Crippen LogP contribution in [0.1, 0.15) is 39.8 Å². The summed E-state index contributed by atoms with van der Waals surface area (Å²) < 4.78 is 5.14. The molecule has 0 aliphatic heterocycles. The minimum atomic E-state index is -0.445. The molecular weight excluding hydrogens is 262 g/mol. The van der Waals surface area contributed by atoms with E-state index in [9.17, 15) is 4.79 Å². The quantitative estimate of drug-likeness (QED) is 0.789. The molecule has 2 N–H and O–H groups in total. The molecule has 1 amide bonds. The molecule has 19 heavy (non-hydrogen) atoms. The number of aryl methyl sites for hydroxylation is 1. The molecule has 0 aliphatic carbocycles. The lowest BCUT2D eigenvalue weighted by Crippen LogP contribution is -2.33. The Kier molecular flexibility index (Phi) is 6.08. The van der Waals surface area contributed by atoms with Crippen LogP contribution in [0, 0.1) is 0 Å². The molecule has 1 rings (SSSR count). The number of anilines is 1. The SMILES string of the molecule is CCc1csc(NCCCNC(=O)OC(C)(C)C)n1. The number of thiazole rings is 1. The van der Waals surface area contributed by atoms with Crippen LogP contribution in [0.25, 0.3) is 0 Å². The summed E-state index contributed by atoms with van der Waals surface area (Å²) >= 11 is 1.61. The van der Waals surface area contributed by atoms with Crippen LogP contribution in [0.2, 0.25) is 0 Å². The Balaban J connectivity index is 2.09. The zero-order valence-electron chi connectivity index (χ0n) is 12.1. The third-order valence-electron chi connectivity index (χ3n) is 2.21. The summed E-state index contributed by atoms with van der Waals surface area (Å²) in [7, 11) is 0. The molecule has 108 valence electrons. The van der Waals surface area contributed by atoms with Crippen molar-refractivity contribution in [3.8, 4) is 0 Å². The second-order valence-electron chi connectivity index (χ2n) is 5.21. The summed E-state index contributed by atoms with van der Waals surface area (Å²) in [6.45, 7) is 9.01. The predicted octanol–water partition coefficient (Wildman–Crippen LogP) is 3.03. The molecule has 6 heteroatoms. The summed E-state index contributed by atoms with van der Waals surface area (Å²) in [5.41, 5.74) is 0.666. The smallest absolute Gasteiger partial charge is 0.407 e. The van der Waals surface area contributed by atoms with Crippen molar-refractivity contribution in [2.45, 2.75) is 46.1 Å². The molecule has 0 spiro atoms. The molecule has 0 fully saturated rings. The van der Waals surface area contributed by atoms with Gasteiger partial charge in [0.2, 0.25) is 0 Å². The minimum Gasteiger partial charge on any atom is -0.444 e. The molecule has 0 aromatic carbocycles. The summed E-state index contributed by atoms with van der Waals surface area (Å²) in [5.74, 6) is 0. The molecule has 1 aromatic heterocycles. The fourth-order valence-corrected chi connectivity index (χ4v) is 2.16. The zero-order valence-corrected chi connectivity index (χ0v) is 12.9. The molecule has 1 aromatic rings. The van der Waals surface area contributed by atoms with Gasteiger partial charge in [0, 0.05) is 18.5 Å². The van der Waals surface area contributed by atoms with Crippen LogP contribution in [-0.4, -0.2) is 29.8 Å². The maximum Gasteiger partial charge on any atom is 0.407 e. The third-order valence-corrected chi connectivity index (χ3v) is 3.06. The Labute approximate surface area is 118 Å². The lowest BCUT2D eigenvalue weighted by molar-refractivity contribution is 0.0528. The topological polar surface area (TPSA) is 63.2 Å². The van der Waals surface area contributed by atoms with E-state index in [1.807, 2.05) is 20.8 Å². The molecule has 0 atom stereocenters. The van der Waals surface area contributed by atoms with Gasteiger partial charge in [-0.3, -0.25) is 0 Å². The maximum atomic E-state index is 11.4. The van der Waals surface area contributed by atoms with E-state index in [1.165, 1.54) is 0 Å². The van der Waals surface area contributed by atoms with Crippen LogP contribution in [-0.2, 0) is 11.2 Å². The first kappa shape index (κ1) is 15.8. The highest BCUT2D eigenvalue weighted by atomic mass is 32.1. The lowest BCUT2D eigenvalue weighted by Gasteiger charge is -2.19. The van der Waals surface area contributed by atoms with Crippen LogP contribution in [0.5, 0.6) is 0 Å². The predicted molar refractivity (Wildman–Crippen MR) is 78.8 cm³/mol. The van der Waals surface area contributed by atoms with Gasteiger partial charge in [0.1, 0.15) is 5.60 Å². The average molecular weight is 285 g/mol. The molecule has 0 saturated carbocycles. The lowest BCUT2D eigenvalue weighted by atomic mass is 10.2. The fraction of sp³-hybridized carbons (Fsp3) is 0.692. The Hall–Kier alpha value is -1.30. The zero-order chi connectivity index (χ0) is 14.3. The van der Waals surface area contributed by atoms with Crippen LogP contribution >= 0.6 is 11.3 Å². The molecule has 5 nitrogen and oxygen atoms in total. The summed E-state index contributed by atoms with van der Waals surface area (Å²) in [5, 5.41) is 8.96. The Morgan fingerprint density at radius 2 is 2.16 bits per heavy atom. The normalized spacial score (nSPS) is 11.2. The van der Waals surface area contributed by atoms with Gasteiger partial charge in [-0.2, -0.15) is 0 Å². The minimum absolute atomic E-state index is 0.366. The molecule has 0 unspecified atom stereocenters. The second kappa shape index (κ2) is 7.33. The monoisotopic (exact) mass is 285 g/mol. The number of nitrogens with zero attached hydrogens (tertiary/aromatic N) is 1. The molecule has 0 radical (unpaired) electrons. The summed E-state index contributed by atoms with van der Waals surface area (Å²) in [6.07, 6.45) is 1.42. The van der Waals surface area contributed by atoms with Gasteiger partial charge in [0.05, 0.1) is 5.69 Å². The van der Waals surface area contributed by atoms with Crippen molar-refractivity contribution in [3.05, 3.63) is 11.1 Å². The number of amides is 1. The van der Waals surface area contributed by atoms with Gasteiger partial charge >= 0.3 is 6.09 Å². The highest BCUT2D eigenvalue weighted by Crippen LogP contribution is 2.15. The van der Waals surface area contributed by atoms with E-state index in [0.717, 1.165) is 30.2 Å². The van der Waals surface area contributed by atoms with Gasteiger partial charge in [-0.25, -0.2) is 9.78 Å². The standard InChI is InChI=1S/C13H23N3O2S/c1-5-10-9-19-11(16-10)14-7-6-8-15-12(17)18-13(2,3)4/h9H,5-8H2,1-4H3,(H,14,16)(H,15,17). The van der Waals surface area contributed by atoms with Gasteiger partial charge in [0.25, 0.3) is 0 Å². The van der Waals surface area contributed by atoms with E-state index < -0.39 is 5.60 Å². The van der Waals surface area contributed by atoms with E-state index >= 15 is 0 Å². The number of ether oxygens (including phenoxy) is 1. The third kappa shape index (κ3) is 7.00. The number of aromatic nitrogens is 1. The second-order valence-corrected chi connectivity index (χ2v) is 6.06. The Morgan fingerprint density at radius 3 is 2.74 bits per heavy atom. The number of carbonyl (C=O) groups excluding carboxylic acids is 1. The van der Waals surface area contributed by atoms with E-state index in [-0.39, 0.29) is 6.09 Å². The van der Waals surface area contributed by atoms with Gasteiger partial charge in [-0.05, 0) is 33.6 Å². The van der Waals surface area contributed by atoms with Crippen LogP contribution in [0.4, 0.5) is 9.93 Å². The number of rotatable bonds is 6. The first-order valence-electron chi connectivity index (χ1n) is 6.56. The largest absolute Gasteiger partial charge is 0.444 e. The Bertz CT molecular complexity index is 399. The number of hydrogen-bond donors (Lipinski definition) is 2. The number of alkyl carbamates (subject to hydrolysis) is 1. The van der Waals surface area contributed by atoms with Gasteiger partial charge in [0.15, 0.2) is 5.13 Å². The van der Waals surface area contributed by atoms with Crippen molar-refractivity contribution >= 4 is 22.6 Å². The van der Waals surface area contributed by atoms with Gasteiger partial charge in [-0.1, -0.05) is 6.92 Å². The average Bonchev–Trinajstić information content (AvgIpc) is 2.74. The van der Waals surface area contributed by atoms with Crippen molar-refractivity contribution in [2.75, 3.05) is 18.4 Å². The van der Waals surface area contributed by atoms with Crippen molar-refractivity contribution in [1.82, 2.24) is 10.3 Å². The number of hydrogen-bond acceptors (Lipinski definition) is 5. The maximum absolute atomic E-state index is 11.4. The number of carbonyl (C=O) groups is 1. The number of nitrogens with one attached hydrogen (secondary N) is 2. The van der Waals surface area contributed by atoms with E-state index in [4.69, 9.17) is 4.74 Å². The van der Waals surface area contributed by atoms with Crippen LogP contribution < -0.4 is 10.6 Å². The highest BCUT2D eigenvalue weighted by Gasteiger charge is 2.15. The summed E-state index contributed by atoms with van der Waals surface area (Å²) in [6, 6.07) is 0. The van der Waals surface area contributed by atoms with Crippen LogP contribution in [0.3, 0.4) is 0 Å². The summed E-state index contributed by atoms with van der Waals surface area (Å²) in [4.78, 5) is 15.8. The molecular formula is C13H23N3O2S. The van der Waals surface area contributed by atoms with E-state index in [0.29, 0.717) is 6.54 Å². The van der Waals surface area contributed by atoms with Crippen molar-refractivity contribution < 1.29 is 9.53 Å².